The zero-order chi connectivity index (χ0) is 16.2. The van der Waals surface area contributed by atoms with Gasteiger partial charge in [0.25, 0.3) is 0 Å². The molecule has 0 bridgehead atoms. The predicted molar refractivity (Wildman–Crippen MR) is 86.8 cm³/mol. The summed E-state index contributed by atoms with van der Waals surface area (Å²) in [6.07, 6.45) is 1.76. The van der Waals surface area contributed by atoms with Crippen LogP contribution in [0.5, 0.6) is 0 Å². The molecule has 0 spiro atoms. The van der Waals surface area contributed by atoms with Gasteiger partial charge in [-0.1, -0.05) is 0 Å². The molecule has 0 radical (unpaired) electrons. The molecule has 1 amide bonds. The number of nitrogens with one attached hydrogen (secondary N) is 2. The van der Waals surface area contributed by atoms with E-state index in [1.54, 1.807) is 6.20 Å². The van der Waals surface area contributed by atoms with Gasteiger partial charge in [-0.3, -0.25) is 9.89 Å². The molecule has 1 aliphatic heterocycles. The standard InChI is InChI=1S/C16H23N5O2/c1-12-3-4-14(23-12)16-13(10-18-19-16)9-17-11-15(22)21-7-5-20(2)6-8-21/h3-4,10,17H,5-9,11H2,1-2H3,(H,18,19). The van der Waals surface area contributed by atoms with Crippen molar-refractivity contribution in [2.45, 2.75) is 13.5 Å². The van der Waals surface area contributed by atoms with Gasteiger partial charge in [0.15, 0.2) is 5.76 Å². The minimum Gasteiger partial charge on any atom is -0.460 e. The Hall–Kier alpha value is -2.12. The highest BCUT2D eigenvalue weighted by molar-refractivity contribution is 5.78. The van der Waals surface area contributed by atoms with Crippen molar-refractivity contribution >= 4 is 5.91 Å². The molecule has 124 valence electrons. The molecule has 23 heavy (non-hydrogen) atoms. The number of aromatic amines is 1. The molecule has 1 saturated heterocycles. The lowest BCUT2D eigenvalue weighted by molar-refractivity contribution is -0.131. The maximum Gasteiger partial charge on any atom is 0.236 e. The second kappa shape index (κ2) is 6.97. The van der Waals surface area contributed by atoms with Crippen molar-refractivity contribution in [2.75, 3.05) is 39.8 Å². The average Bonchev–Trinajstić information content (AvgIpc) is 3.16. The number of nitrogens with zero attached hydrogens (tertiary/aromatic N) is 3. The van der Waals surface area contributed by atoms with E-state index < -0.39 is 0 Å². The number of carbonyl (C=O) groups is 1. The highest BCUT2D eigenvalue weighted by Gasteiger charge is 2.18. The Morgan fingerprint density at radius 1 is 1.35 bits per heavy atom. The summed E-state index contributed by atoms with van der Waals surface area (Å²) in [5, 5.41) is 10.2. The first-order chi connectivity index (χ1) is 11.1. The van der Waals surface area contributed by atoms with Gasteiger partial charge in [-0.2, -0.15) is 5.10 Å². The summed E-state index contributed by atoms with van der Waals surface area (Å²) in [7, 11) is 2.08. The molecule has 0 unspecified atom stereocenters. The number of hydrogen-bond donors (Lipinski definition) is 2. The van der Waals surface area contributed by atoms with Gasteiger partial charge in [0.1, 0.15) is 11.5 Å². The molecule has 0 aromatic carbocycles. The molecular weight excluding hydrogens is 294 g/mol. The van der Waals surface area contributed by atoms with Crippen LogP contribution < -0.4 is 5.32 Å². The van der Waals surface area contributed by atoms with Crippen LogP contribution in [-0.2, 0) is 11.3 Å². The fourth-order valence-corrected chi connectivity index (χ4v) is 2.70. The van der Waals surface area contributed by atoms with Crippen molar-refractivity contribution in [2.24, 2.45) is 0 Å². The van der Waals surface area contributed by atoms with Crippen molar-refractivity contribution in [3.8, 4) is 11.5 Å². The van der Waals surface area contributed by atoms with Crippen molar-refractivity contribution in [1.29, 1.82) is 0 Å². The number of rotatable bonds is 5. The second-order valence-electron chi connectivity index (χ2n) is 5.97. The summed E-state index contributed by atoms with van der Waals surface area (Å²) in [4.78, 5) is 16.3. The summed E-state index contributed by atoms with van der Waals surface area (Å²) in [6.45, 7) is 6.31. The van der Waals surface area contributed by atoms with Crippen LogP contribution in [0.4, 0.5) is 0 Å². The summed E-state index contributed by atoms with van der Waals surface area (Å²) in [5.74, 6) is 1.78. The largest absolute Gasteiger partial charge is 0.460 e. The van der Waals surface area contributed by atoms with Crippen LogP contribution in [0.1, 0.15) is 11.3 Å². The molecule has 1 fully saturated rings. The Morgan fingerprint density at radius 3 is 2.83 bits per heavy atom. The van der Waals surface area contributed by atoms with E-state index in [1.165, 1.54) is 0 Å². The number of amides is 1. The van der Waals surface area contributed by atoms with Gasteiger partial charge >= 0.3 is 0 Å². The summed E-state index contributed by atoms with van der Waals surface area (Å²) >= 11 is 0. The van der Waals surface area contributed by atoms with E-state index >= 15 is 0 Å². The van der Waals surface area contributed by atoms with Crippen LogP contribution in [0.25, 0.3) is 11.5 Å². The fraction of sp³-hybridized carbons (Fsp3) is 0.500. The molecule has 2 N–H and O–H groups in total. The van der Waals surface area contributed by atoms with Gasteiger partial charge in [0.2, 0.25) is 5.91 Å². The molecule has 0 saturated carbocycles. The topological polar surface area (TPSA) is 77.4 Å². The van der Waals surface area contributed by atoms with E-state index in [2.05, 4.69) is 27.5 Å². The Labute approximate surface area is 135 Å². The lowest BCUT2D eigenvalue weighted by Gasteiger charge is -2.32. The molecule has 7 nitrogen and oxygen atoms in total. The van der Waals surface area contributed by atoms with E-state index in [0.29, 0.717) is 13.1 Å². The molecule has 0 atom stereocenters. The molecule has 7 heteroatoms. The first kappa shape index (κ1) is 15.8. The van der Waals surface area contributed by atoms with Gasteiger partial charge < -0.3 is 19.5 Å². The number of aromatic nitrogens is 2. The van der Waals surface area contributed by atoms with Gasteiger partial charge in [0.05, 0.1) is 12.7 Å². The predicted octanol–water partition coefficient (Wildman–Crippen LogP) is 0.842. The van der Waals surface area contributed by atoms with Crippen LogP contribution in [0.2, 0.25) is 0 Å². The number of H-pyrrole nitrogens is 1. The second-order valence-corrected chi connectivity index (χ2v) is 5.97. The minimum atomic E-state index is 0.150. The van der Waals surface area contributed by atoms with Crippen molar-refractivity contribution in [3.63, 3.8) is 0 Å². The van der Waals surface area contributed by atoms with E-state index in [9.17, 15) is 4.79 Å². The monoisotopic (exact) mass is 317 g/mol. The maximum absolute atomic E-state index is 12.2. The summed E-state index contributed by atoms with van der Waals surface area (Å²) in [5.41, 5.74) is 1.85. The molecule has 0 aliphatic carbocycles. The zero-order valence-corrected chi connectivity index (χ0v) is 13.6. The van der Waals surface area contributed by atoms with Crippen molar-refractivity contribution < 1.29 is 9.21 Å². The third-order valence-corrected chi connectivity index (χ3v) is 4.15. The Kier molecular flexibility index (Phi) is 4.78. The number of furan rings is 1. The lowest BCUT2D eigenvalue weighted by atomic mass is 10.2. The Balaban J connectivity index is 1.51. The molecule has 2 aromatic heterocycles. The van der Waals surface area contributed by atoms with E-state index in [-0.39, 0.29) is 5.91 Å². The molecular formula is C16H23N5O2. The van der Waals surface area contributed by atoms with Crippen molar-refractivity contribution in [1.82, 2.24) is 25.3 Å². The van der Waals surface area contributed by atoms with Crippen LogP contribution in [0.15, 0.2) is 22.7 Å². The smallest absolute Gasteiger partial charge is 0.236 e. The Morgan fingerprint density at radius 2 is 2.13 bits per heavy atom. The minimum absolute atomic E-state index is 0.150. The molecule has 3 heterocycles. The number of likely N-dealkylation sites (N-methyl/N-ethyl adjacent to an activating group) is 1. The number of aryl methyl sites for hydroxylation is 1. The third kappa shape index (κ3) is 3.80. The van der Waals surface area contributed by atoms with Gasteiger partial charge in [0, 0.05) is 38.3 Å². The average molecular weight is 317 g/mol. The number of carbonyl (C=O) groups excluding carboxylic acids is 1. The maximum atomic E-state index is 12.2. The lowest BCUT2D eigenvalue weighted by Crippen LogP contribution is -2.49. The molecule has 1 aliphatic rings. The summed E-state index contributed by atoms with van der Waals surface area (Å²) < 4.78 is 5.62. The van der Waals surface area contributed by atoms with Gasteiger partial charge in [-0.15, -0.1) is 0 Å². The van der Waals surface area contributed by atoms with E-state index in [4.69, 9.17) is 4.42 Å². The molecule has 2 aromatic rings. The van der Waals surface area contributed by atoms with Crippen LogP contribution >= 0.6 is 0 Å². The number of piperazine rings is 1. The first-order valence-corrected chi connectivity index (χ1v) is 7.89. The zero-order valence-electron chi connectivity index (χ0n) is 13.6. The van der Waals surface area contributed by atoms with Crippen LogP contribution in [0, 0.1) is 6.92 Å². The fourth-order valence-electron chi connectivity index (χ4n) is 2.70. The third-order valence-electron chi connectivity index (χ3n) is 4.15. The SMILES string of the molecule is Cc1ccc(-c2[nH]ncc2CNCC(=O)N2CCN(C)CC2)o1. The number of hydrogen-bond acceptors (Lipinski definition) is 5. The van der Waals surface area contributed by atoms with Crippen molar-refractivity contribution in [3.05, 3.63) is 29.7 Å². The summed E-state index contributed by atoms with van der Waals surface area (Å²) in [6, 6.07) is 3.84. The van der Waals surface area contributed by atoms with Crippen LogP contribution in [0.3, 0.4) is 0 Å². The van der Waals surface area contributed by atoms with E-state index in [0.717, 1.165) is 49.0 Å². The first-order valence-electron chi connectivity index (χ1n) is 7.89. The van der Waals surface area contributed by atoms with Gasteiger partial charge in [-0.25, -0.2) is 0 Å². The highest BCUT2D eigenvalue weighted by Crippen LogP contribution is 2.23. The molecule has 3 rings (SSSR count). The quantitative estimate of drug-likeness (QED) is 0.854. The normalized spacial score (nSPS) is 16.0. The van der Waals surface area contributed by atoms with Gasteiger partial charge in [-0.05, 0) is 26.1 Å². The van der Waals surface area contributed by atoms with E-state index in [1.807, 2.05) is 24.0 Å². The van der Waals surface area contributed by atoms with Crippen LogP contribution in [-0.4, -0.2) is 65.7 Å². The highest BCUT2D eigenvalue weighted by atomic mass is 16.3. The Bertz CT molecular complexity index is 655.